The minimum absolute atomic E-state index is 0.606. The molecule has 0 rings (SSSR count). The number of rotatable bonds is 21. The third kappa shape index (κ3) is 16.9. The minimum atomic E-state index is -2.99. The molecule has 0 bridgehead atoms. The second-order valence-corrected chi connectivity index (χ2v) is 15.9. The first-order chi connectivity index (χ1) is 13.7. The molecule has 0 heterocycles. The summed E-state index contributed by atoms with van der Waals surface area (Å²) >= 11 is 0. The first-order valence-corrected chi connectivity index (χ1v) is 17.0. The average Bonchev–Trinajstić information content (AvgIpc) is 2.62. The molecule has 1 N–H and O–H groups in total. The third-order valence-electron chi connectivity index (χ3n) is 6.02. The molecular weight excluding hydrogens is 402 g/mol. The first-order valence-electron chi connectivity index (χ1n) is 12.3. The maximum atomic E-state index is 11.1. The summed E-state index contributed by atoms with van der Waals surface area (Å²) in [5.41, 5.74) is -0.882. The van der Waals surface area contributed by atoms with Crippen LogP contribution in [0.1, 0.15) is 117 Å². The Morgan fingerprint density at radius 2 is 1.07 bits per heavy atom. The van der Waals surface area contributed by atoms with E-state index in [0.29, 0.717) is 6.61 Å². The molecule has 0 aliphatic heterocycles. The Morgan fingerprint density at radius 3 is 1.38 bits per heavy atom. The molecule has 0 aromatic heterocycles. The molecule has 4 nitrogen and oxygen atoms in total. The van der Waals surface area contributed by atoms with Crippen LogP contribution < -0.4 is 0 Å². The number of hydrogen-bond acceptors (Lipinski definition) is 3. The van der Waals surface area contributed by atoms with Crippen molar-refractivity contribution in [3.63, 3.8) is 0 Å². The monoisotopic (exact) mass is 454 g/mol. The van der Waals surface area contributed by atoms with Gasteiger partial charge >= 0.3 is 131 Å². The van der Waals surface area contributed by atoms with Gasteiger partial charge < -0.3 is 0 Å². The van der Waals surface area contributed by atoms with E-state index in [-0.39, 0.29) is 0 Å². The van der Waals surface area contributed by atoms with Crippen LogP contribution in [0.4, 0.5) is 0 Å². The van der Waals surface area contributed by atoms with Gasteiger partial charge in [0.05, 0.1) is 0 Å². The average molecular weight is 455 g/mol. The number of hydrogen-bond donors (Lipinski definition) is 1. The van der Waals surface area contributed by atoms with Gasteiger partial charge in [-0.25, -0.2) is 0 Å². The molecule has 29 heavy (non-hydrogen) atoms. The fourth-order valence-electron chi connectivity index (χ4n) is 3.48. The standard InChI is InChI=1S/C23H52O4P2/c1-6-7-8-9-10-11-12-13-14-15-16-17-18-19-20-21-22-26-23(2,27-28(24)25)29(3,4)5/h28-29H,6-22H2,1-5H3,(H,24,25). The van der Waals surface area contributed by atoms with Crippen molar-refractivity contribution < 1.29 is 18.7 Å². The van der Waals surface area contributed by atoms with Gasteiger partial charge in [-0.2, -0.15) is 0 Å². The van der Waals surface area contributed by atoms with Crippen molar-refractivity contribution in [3.8, 4) is 0 Å². The normalized spacial score (nSPS) is 15.9. The summed E-state index contributed by atoms with van der Waals surface area (Å²) in [4.78, 5) is 9.16. The van der Waals surface area contributed by atoms with Crippen molar-refractivity contribution in [2.45, 2.75) is 122 Å². The Balaban J connectivity index is 3.48. The topological polar surface area (TPSA) is 55.8 Å². The summed E-state index contributed by atoms with van der Waals surface area (Å²) in [6.45, 7) is 11.0. The molecule has 0 fully saturated rings. The van der Waals surface area contributed by atoms with E-state index in [2.05, 4.69) is 26.9 Å². The Morgan fingerprint density at radius 1 is 0.724 bits per heavy atom. The molecule has 0 aliphatic carbocycles. The number of unbranched alkanes of at least 4 members (excludes halogenated alkanes) is 15. The summed E-state index contributed by atoms with van der Waals surface area (Å²) < 4.78 is 22.4. The summed E-state index contributed by atoms with van der Waals surface area (Å²) in [6.07, 6.45) is 21.6. The zero-order valence-electron chi connectivity index (χ0n) is 20.2. The van der Waals surface area contributed by atoms with Gasteiger partial charge in [0.1, 0.15) is 0 Å². The fraction of sp³-hybridized carbons (Fsp3) is 1.00. The summed E-state index contributed by atoms with van der Waals surface area (Å²) in [6, 6.07) is 0. The van der Waals surface area contributed by atoms with Crippen LogP contribution in [0.3, 0.4) is 0 Å². The quantitative estimate of drug-likeness (QED) is 0.108. The summed E-state index contributed by atoms with van der Waals surface area (Å²) in [7, 11) is -4.85. The van der Waals surface area contributed by atoms with E-state index in [4.69, 9.17) is 14.2 Å². The van der Waals surface area contributed by atoms with Gasteiger partial charge in [-0.1, -0.05) is 51.9 Å². The van der Waals surface area contributed by atoms with Crippen LogP contribution in [0.15, 0.2) is 0 Å². The van der Waals surface area contributed by atoms with Gasteiger partial charge in [0.25, 0.3) is 0 Å². The molecule has 2 atom stereocenters. The predicted octanol–water partition coefficient (Wildman–Crippen LogP) is 7.98. The molecule has 0 saturated carbocycles. The van der Waals surface area contributed by atoms with Gasteiger partial charge in [0.2, 0.25) is 0 Å². The van der Waals surface area contributed by atoms with Crippen molar-refractivity contribution >= 4 is 15.5 Å². The van der Waals surface area contributed by atoms with E-state index in [9.17, 15) is 4.57 Å². The first kappa shape index (κ1) is 29.5. The molecular formula is C23H52O4P2. The molecule has 0 saturated heterocycles. The van der Waals surface area contributed by atoms with Crippen LogP contribution >= 0.6 is 15.5 Å². The van der Waals surface area contributed by atoms with Gasteiger partial charge in [0, 0.05) is 0 Å². The van der Waals surface area contributed by atoms with Crippen LogP contribution in [-0.2, 0) is 13.8 Å². The molecule has 0 aliphatic rings. The Labute approximate surface area is 183 Å². The van der Waals surface area contributed by atoms with Crippen molar-refractivity contribution in [2.24, 2.45) is 0 Å². The van der Waals surface area contributed by atoms with Crippen molar-refractivity contribution in [1.29, 1.82) is 0 Å². The van der Waals surface area contributed by atoms with Gasteiger partial charge in [-0.05, 0) is 0 Å². The van der Waals surface area contributed by atoms with Crippen molar-refractivity contribution in [1.82, 2.24) is 0 Å². The van der Waals surface area contributed by atoms with Gasteiger partial charge in [-0.3, -0.25) is 0 Å². The summed E-state index contributed by atoms with van der Waals surface area (Å²) in [5.74, 6) is 0. The van der Waals surface area contributed by atoms with E-state index in [1.807, 2.05) is 6.92 Å². The molecule has 0 amide bonds. The van der Waals surface area contributed by atoms with Crippen molar-refractivity contribution in [3.05, 3.63) is 0 Å². The Bertz CT molecular complexity index is 399. The Kier molecular flexibility index (Phi) is 18.5. The molecule has 0 spiro atoms. The molecule has 0 radical (unpaired) electrons. The molecule has 178 valence electrons. The second-order valence-electron chi connectivity index (χ2n) is 9.72. The van der Waals surface area contributed by atoms with Gasteiger partial charge in [-0.15, -0.1) is 0 Å². The van der Waals surface area contributed by atoms with Crippen LogP contribution in [0.5, 0.6) is 0 Å². The molecule has 0 aromatic rings. The van der Waals surface area contributed by atoms with E-state index < -0.39 is 21.0 Å². The van der Waals surface area contributed by atoms with Crippen molar-refractivity contribution in [2.75, 3.05) is 26.6 Å². The molecule has 6 heteroatoms. The van der Waals surface area contributed by atoms with Crippen LogP contribution in [0.25, 0.3) is 0 Å². The summed E-state index contributed by atoms with van der Waals surface area (Å²) in [5, 5.41) is 0. The van der Waals surface area contributed by atoms with E-state index in [0.717, 1.165) is 12.8 Å². The van der Waals surface area contributed by atoms with Crippen LogP contribution in [0, 0.1) is 0 Å². The van der Waals surface area contributed by atoms with E-state index in [1.165, 1.54) is 89.9 Å². The molecule has 2 unspecified atom stereocenters. The molecule has 0 aromatic carbocycles. The van der Waals surface area contributed by atoms with Crippen LogP contribution in [-0.4, -0.2) is 37.0 Å². The number of ether oxygens (including phenoxy) is 1. The zero-order chi connectivity index (χ0) is 22.0. The zero-order valence-corrected chi connectivity index (χ0v) is 22.2. The fourth-order valence-corrected chi connectivity index (χ4v) is 5.90. The SMILES string of the molecule is CCCCCCCCCCCCCCCCCCOC(C)(O[PH](=O)O)[PH](C)(C)C. The maximum absolute atomic E-state index is 11.1. The predicted molar refractivity (Wildman–Crippen MR) is 132 cm³/mol. The second kappa shape index (κ2) is 18.1. The Hall–Kier alpha value is 0.540. The third-order valence-corrected chi connectivity index (χ3v) is 9.76. The van der Waals surface area contributed by atoms with Crippen LogP contribution in [0.2, 0.25) is 0 Å². The van der Waals surface area contributed by atoms with E-state index >= 15 is 0 Å². The van der Waals surface area contributed by atoms with Gasteiger partial charge in [0.15, 0.2) is 0 Å². The van der Waals surface area contributed by atoms with E-state index in [1.54, 1.807) is 0 Å².